The van der Waals surface area contributed by atoms with E-state index in [0.717, 1.165) is 57.5 Å². The predicted molar refractivity (Wildman–Crippen MR) is 119 cm³/mol. The summed E-state index contributed by atoms with van der Waals surface area (Å²) in [7, 11) is 0. The van der Waals surface area contributed by atoms with Crippen LogP contribution in [0.4, 0.5) is 19.0 Å². The third kappa shape index (κ3) is 5.14. The van der Waals surface area contributed by atoms with Crippen molar-refractivity contribution in [3.63, 3.8) is 0 Å². The lowest BCUT2D eigenvalue weighted by atomic mass is 10.0. The summed E-state index contributed by atoms with van der Waals surface area (Å²) in [6.07, 6.45) is -1.44. The Morgan fingerprint density at radius 1 is 1.03 bits per heavy atom. The van der Waals surface area contributed by atoms with Crippen LogP contribution < -0.4 is 5.32 Å². The molecule has 4 rings (SSSR count). The fourth-order valence-electron chi connectivity index (χ4n) is 3.25. The number of rotatable bonds is 6. The molecule has 4 aromatic rings. The highest BCUT2D eigenvalue weighted by Gasteiger charge is 2.32. The lowest BCUT2D eigenvalue weighted by molar-refractivity contribution is -0.141. The van der Waals surface area contributed by atoms with E-state index in [2.05, 4.69) is 20.3 Å². The zero-order valence-corrected chi connectivity index (χ0v) is 18.1. The second-order valence-electron chi connectivity index (χ2n) is 7.07. The summed E-state index contributed by atoms with van der Waals surface area (Å²) in [4.78, 5) is 14.1. The topological polar surface area (TPSA) is 50.7 Å². The molecule has 0 amide bonds. The smallest absolute Gasteiger partial charge is 0.369 e. The molecule has 0 saturated carbocycles. The standard InChI is InChI=1S/C22H18ClF3N4S/c1-13-11-17-19(29-21(23)30-20(17)31-13)27-10-2-3-14-4-6-15(7-5-14)16-8-9-18(28-12-16)22(24,25)26/h4-9,11-12H,2-3,10H2,1H3,(H,27,29,30). The monoisotopic (exact) mass is 462 g/mol. The van der Waals surface area contributed by atoms with Gasteiger partial charge < -0.3 is 5.32 Å². The van der Waals surface area contributed by atoms with E-state index in [1.165, 1.54) is 12.3 Å². The van der Waals surface area contributed by atoms with Crippen molar-refractivity contribution in [1.29, 1.82) is 0 Å². The van der Waals surface area contributed by atoms with Crippen LogP contribution in [0.3, 0.4) is 0 Å². The number of benzene rings is 1. The Morgan fingerprint density at radius 2 is 1.77 bits per heavy atom. The zero-order valence-electron chi connectivity index (χ0n) is 16.5. The van der Waals surface area contributed by atoms with Gasteiger partial charge in [-0.05, 0) is 54.6 Å². The van der Waals surface area contributed by atoms with Gasteiger partial charge in [-0.15, -0.1) is 11.3 Å². The number of alkyl halides is 3. The molecule has 0 aliphatic rings. The molecule has 9 heteroatoms. The number of halogens is 4. The van der Waals surface area contributed by atoms with Gasteiger partial charge in [-0.2, -0.15) is 13.2 Å². The summed E-state index contributed by atoms with van der Waals surface area (Å²) >= 11 is 7.60. The Balaban J connectivity index is 1.34. The molecule has 0 atom stereocenters. The van der Waals surface area contributed by atoms with Crippen molar-refractivity contribution in [3.05, 3.63) is 70.1 Å². The number of aromatic nitrogens is 3. The first kappa shape index (κ1) is 21.5. The second kappa shape index (κ2) is 8.80. The predicted octanol–water partition coefficient (Wildman–Crippen LogP) is 6.78. The highest BCUT2D eigenvalue weighted by atomic mass is 35.5. The van der Waals surface area contributed by atoms with Gasteiger partial charge in [0.05, 0.1) is 5.39 Å². The minimum Gasteiger partial charge on any atom is -0.369 e. The van der Waals surface area contributed by atoms with Crippen LogP contribution in [0.1, 0.15) is 22.6 Å². The Labute approximate surface area is 186 Å². The highest BCUT2D eigenvalue weighted by Crippen LogP contribution is 2.30. The maximum Gasteiger partial charge on any atom is 0.433 e. The summed E-state index contributed by atoms with van der Waals surface area (Å²) in [6, 6.07) is 12.2. The number of hydrogen-bond donors (Lipinski definition) is 1. The van der Waals surface area contributed by atoms with Gasteiger partial charge in [0.2, 0.25) is 5.28 Å². The molecule has 1 N–H and O–H groups in total. The average molecular weight is 463 g/mol. The van der Waals surface area contributed by atoms with Crippen molar-refractivity contribution in [2.24, 2.45) is 0 Å². The number of anilines is 1. The Kier molecular flexibility index (Phi) is 6.11. The molecule has 0 saturated heterocycles. The number of fused-ring (bicyclic) bond motifs is 1. The normalized spacial score (nSPS) is 11.8. The van der Waals surface area contributed by atoms with Crippen molar-refractivity contribution < 1.29 is 13.2 Å². The Bertz CT molecular complexity index is 1190. The van der Waals surface area contributed by atoms with E-state index in [0.29, 0.717) is 5.56 Å². The van der Waals surface area contributed by atoms with Crippen LogP contribution in [0.2, 0.25) is 5.28 Å². The third-order valence-corrected chi connectivity index (χ3v) is 5.88. The van der Waals surface area contributed by atoms with E-state index in [1.807, 2.05) is 37.3 Å². The SMILES string of the molecule is Cc1cc2c(NCCCc3ccc(-c4ccc(C(F)(F)F)nc4)cc3)nc(Cl)nc2s1. The molecular weight excluding hydrogens is 445 g/mol. The maximum absolute atomic E-state index is 12.6. The summed E-state index contributed by atoms with van der Waals surface area (Å²) < 4.78 is 37.9. The van der Waals surface area contributed by atoms with Crippen LogP contribution >= 0.6 is 22.9 Å². The molecule has 0 aliphatic carbocycles. The molecular formula is C22H18ClF3N4S. The van der Waals surface area contributed by atoms with E-state index >= 15 is 0 Å². The number of thiophene rings is 1. The van der Waals surface area contributed by atoms with Crippen molar-refractivity contribution in [1.82, 2.24) is 15.0 Å². The number of pyridine rings is 1. The van der Waals surface area contributed by atoms with E-state index < -0.39 is 11.9 Å². The molecule has 4 nitrogen and oxygen atoms in total. The molecule has 0 fully saturated rings. The molecule has 3 aromatic heterocycles. The fourth-order valence-corrected chi connectivity index (χ4v) is 4.34. The van der Waals surface area contributed by atoms with Gasteiger partial charge in [0, 0.05) is 23.2 Å². The lowest BCUT2D eigenvalue weighted by Crippen LogP contribution is -2.07. The van der Waals surface area contributed by atoms with Gasteiger partial charge in [-0.3, -0.25) is 4.98 Å². The van der Waals surface area contributed by atoms with Gasteiger partial charge in [0.1, 0.15) is 16.3 Å². The molecule has 160 valence electrons. The minimum atomic E-state index is -4.43. The van der Waals surface area contributed by atoms with Gasteiger partial charge in [-0.25, -0.2) is 9.97 Å². The quantitative estimate of drug-likeness (QED) is 0.253. The third-order valence-electron chi connectivity index (χ3n) is 4.76. The number of aryl methyl sites for hydroxylation is 2. The van der Waals surface area contributed by atoms with Crippen LogP contribution in [0.5, 0.6) is 0 Å². The van der Waals surface area contributed by atoms with Gasteiger partial charge in [0.15, 0.2) is 0 Å². The second-order valence-corrected chi connectivity index (χ2v) is 8.65. The van der Waals surface area contributed by atoms with Crippen LogP contribution in [-0.4, -0.2) is 21.5 Å². The Hall–Kier alpha value is -2.71. The van der Waals surface area contributed by atoms with Crippen LogP contribution in [-0.2, 0) is 12.6 Å². The molecule has 0 unspecified atom stereocenters. The van der Waals surface area contributed by atoms with E-state index in [4.69, 9.17) is 11.6 Å². The molecule has 0 radical (unpaired) electrons. The van der Waals surface area contributed by atoms with E-state index in [1.54, 1.807) is 11.3 Å². The first-order valence-corrected chi connectivity index (χ1v) is 10.8. The summed E-state index contributed by atoms with van der Waals surface area (Å²) in [5.74, 6) is 0.740. The van der Waals surface area contributed by atoms with E-state index in [9.17, 15) is 13.2 Å². The average Bonchev–Trinajstić information content (AvgIpc) is 3.11. The zero-order chi connectivity index (χ0) is 22.0. The minimum absolute atomic E-state index is 0.227. The summed E-state index contributed by atoms with van der Waals surface area (Å²) in [6.45, 7) is 2.75. The van der Waals surface area contributed by atoms with Gasteiger partial charge >= 0.3 is 6.18 Å². The summed E-state index contributed by atoms with van der Waals surface area (Å²) in [5.41, 5.74) is 1.73. The van der Waals surface area contributed by atoms with E-state index in [-0.39, 0.29) is 5.28 Å². The molecule has 0 bridgehead atoms. The van der Waals surface area contributed by atoms with Crippen LogP contribution in [0, 0.1) is 6.92 Å². The number of hydrogen-bond acceptors (Lipinski definition) is 5. The van der Waals surface area contributed by atoms with Crippen LogP contribution in [0.25, 0.3) is 21.3 Å². The summed E-state index contributed by atoms with van der Waals surface area (Å²) in [5, 5.41) is 4.54. The van der Waals surface area contributed by atoms with Crippen molar-refractivity contribution in [2.75, 3.05) is 11.9 Å². The Morgan fingerprint density at radius 3 is 2.45 bits per heavy atom. The molecule has 31 heavy (non-hydrogen) atoms. The van der Waals surface area contributed by atoms with Crippen molar-refractivity contribution in [3.8, 4) is 11.1 Å². The lowest BCUT2D eigenvalue weighted by Gasteiger charge is -2.09. The first-order valence-electron chi connectivity index (χ1n) is 9.60. The molecule has 0 spiro atoms. The first-order chi connectivity index (χ1) is 14.8. The molecule has 1 aromatic carbocycles. The molecule has 3 heterocycles. The van der Waals surface area contributed by atoms with Crippen molar-refractivity contribution >= 4 is 39.0 Å². The van der Waals surface area contributed by atoms with Crippen LogP contribution in [0.15, 0.2) is 48.7 Å². The highest BCUT2D eigenvalue weighted by molar-refractivity contribution is 7.18. The largest absolute Gasteiger partial charge is 0.433 e. The van der Waals surface area contributed by atoms with Gasteiger partial charge in [-0.1, -0.05) is 30.3 Å². The number of nitrogens with zero attached hydrogens (tertiary/aromatic N) is 3. The fraction of sp³-hybridized carbons (Fsp3) is 0.227. The maximum atomic E-state index is 12.6. The van der Waals surface area contributed by atoms with Crippen molar-refractivity contribution in [2.45, 2.75) is 25.9 Å². The van der Waals surface area contributed by atoms with Gasteiger partial charge in [0.25, 0.3) is 0 Å². The molecule has 0 aliphatic heterocycles. The number of nitrogens with one attached hydrogen (secondary N) is 1.